The van der Waals surface area contributed by atoms with Crippen molar-refractivity contribution in [3.05, 3.63) is 51.4 Å². The highest BCUT2D eigenvalue weighted by molar-refractivity contribution is 7.59. The number of nitrogens with zero attached hydrogens (tertiary/aromatic N) is 3. The molecule has 0 saturated carbocycles. The lowest BCUT2D eigenvalue weighted by molar-refractivity contribution is 0.411. The fraction of sp³-hybridized carbons (Fsp3) is 0.316. The molecule has 10 heteroatoms. The van der Waals surface area contributed by atoms with E-state index in [4.69, 9.17) is 11.6 Å². The second-order valence-electron chi connectivity index (χ2n) is 7.01. The van der Waals surface area contributed by atoms with E-state index >= 15 is 0 Å². The Labute approximate surface area is 190 Å². The van der Waals surface area contributed by atoms with Gasteiger partial charge in [0.15, 0.2) is 5.56 Å². The van der Waals surface area contributed by atoms with Crippen LogP contribution in [0.15, 0.2) is 35.3 Å². The molecular weight excluding hydrogens is 446 g/mol. The van der Waals surface area contributed by atoms with Crippen molar-refractivity contribution in [2.24, 2.45) is 0 Å². The topological polar surface area (TPSA) is 82.7 Å². The summed E-state index contributed by atoms with van der Waals surface area (Å²) in [5.74, 6) is 0. The first-order valence-electron chi connectivity index (χ1n) is 8.88. The van der Waals surface area contributed by atoms with E-state index in [2.05, 4.69) is 21.7 Å². The first-order valence-corrected chi connectivity index (χ1v) is 10.0. The first kappa shape index (κ1) is 22.0. The first-order chi connectivity index (χ1) is 13.2. The van der Waals surface area contributed by atoms with Crippen LogP contribution in [0.4, 0.5) is 10.7 Å². The number of aromatic nitrogens is 2. The van der Waals surface area contributed by atoms with Gasteiger partial charge in [-0.15, -0.1) is 0 Å². The number of anilines is 2. The van der Waals surface area contributed by atoms with E-state index < -0.39 is 0 Å². The van der Waals surface area contributed by atoms with E-state index in [-0.39, 0.29) is 44.2 Å². The van der Waals surface area contributed by atoms with Crippen LogP contribution in [0.2, 0.25) is 5.02 Å². The van der Waals surface area contributed by atoms with Crippen molar-refractivity contribution in [3.63, 3.8) is 0 Å². The van der Waals surface area contributed by atoms with Crippen LogP contribution in [0.5, 0.6) is 0 Å². The molecule has 4 heterocycles. The third kappa shape index (κ3) is 3.64. The standard InChI is InChI=1S/C19H16ClN5OS.2H2S/c20-13-4-6-14-11(2-1-7-22-14)17(13)24-18-12(9-21)19(26)25(27-18)16-8-10-3-5-15(16)23-10;;/h1-2,4,6-7,10,15-16,23-24H,3,5,8H2;2*1H2/t10-,15+,16?;;/m0../s1. The monoisotopic (exact) mass is 465 g/mol. The number of benzene rings is 1. The van der Waals surface area contributed by atoms with Gasteiger partial charge in [-0.25, -0.2) is 0 Å². The summed E-state index contributed by atoms with van der Waals surface area (Å²) in [7, 11) is 0. The van der Waals surface area contributed by atoms with E-state index in [9.17, 15) is 10.1 Å². The molecular formula is C19H20ClN5OS3. The Morgan fingerprint density at radius 1 is 1.31 bits per heavy atom. The lowest BCUT2D eigenvalue weighted by Crippen LogP contribution is -2.30. The molecule has 2 fully saturated rings. The minimum Gasteiger partial charge on any atom is -0.343 e. The highest BCUT2D eigenvalue weighted by Gasteiger charge is 2.41. The Bertz CT molecular complexity index is 1150. The Balaban J connectivity index is 0.00000120. The van der Waals surface area contributed by atoms with Crippen LogP contribution in [-0.4, -0.2) is 21.0 Å². The lowest BCUT2D eigenvalue weighted by Gasteiger charge is -2.19. The fourth-order valence-electron chi connectivity index (χ4n) is 4.22. The molecule has 3 aromatic rings. The van der Waals surface area contributed by atoms with E-state index in [0.717, 1.165) is 30.2 Å². The smallest absolute Gasteiger partial charge is 0.281 e. The van der Waals surface area contributed by atoms with Crippen LogP contribution in [0.25, 0.3) is 10.9 Å². The molecule has 0 spiro atoms. The second-order valence-corrected chi connectivity index (χ2v) is 8.40. The van der Waals surface area contributed by atoms with Crippen LogP contribution < -0.4 is 16.2 Å². The maximum Gasteiger partial charge on any atom is 0.281 e. The Morgan fingerprint density at radius 3 is 2.83 bits per heavy atom. The number of pyridine rings is 1. The predicted octanol–water partition coefficient (Wildman–Crippen LogP) is 4.02. The molecule has 2 aromatic heterocycles. The zero-order valence-electron chi connectivity index (χ0n) is 15.3. The van der Waals surface area contributed by atoms with Crippen molar-refractivity contribution in [2.45, 2.75) is 37.4 Å². The molecule has 2 saturated heterocycles. The number of nitrogens with one attached hydrogen (secondary N) is 2. The SMILES string of the molecule is N#Cc1c(Nc2c(Cl)ccc3ncccc23)sn(C2C[C@@H]3CC[C@H]2N3)c1=O.S.S. The van der Waals surface area contributed by atoms with Gasteiger partial charge in [-0.2, -0.15) is 32.3 Å². The molecule has 3 atom stereocenters. The van der Waals surface area contributed by atoms with Gasteiger partial charge in [0.25, 0.3) is 5.56 Å². The molecule has 6 nitrogen and oxygen atoms in total. The van der Waals surface area contributed by atoms with E-state index in [0.29, 0.717) is 27.8 Å². The lowest BCUT2D eigenvalue weighted by atomic mass is 9.96. The molecule has 1 unspecified atom stereocenters. The zero-order chi connectivity index (χ0) is 18.5. The molecule has 2 aliphatic rings. The minimum absolute atomic E-state index is 0. The van der Waals surface area contributed by atoms with E-state index in [1.54, 1.807) is 16.2 Å². The Hall–Kier alpha value is -1.70. The number of nitriles is 1. The van der Waals surface area contributed by atoms with Gasteiger partial charge in [0.1, 0.15) is 11.1 Å². The molecule has 0 amide bonds. The summed E-state index contributed by atoms with van der Waals surface area (Å²) in [6.45, 7) is 0. The summed E-state index contributed by atoms with van der Waals surface area (Å²) in [6.07, 6.45) is 4.90. The summed E-state index contributed by atoms with van der Waals surface area (Å²) in [6, 6.07) is 10.4. The van der Waals surface area contributed by atoms with E-state index in [1.807, 2.05) is 18.2 Å². The molecule has 0 aliphatic carbocycles. The van der Waals surface area contributed by atoms with Crippen molar-refractivity contribution in [3.8, 4) is 6.07 Å². The van der Waals surface area contributed by atoms with Crippen LogP contribution >= 0.6 is 50.1 Å². The van der Waals surface area contributed by atoms with Crippen LogP contribution in [0.3, 0.4) is 0 Å². The van der Waals surface area contributed by atoms with E-state index in [1.165, 1.54) is 11.5 Å². The highest BCUT2D eigenvalue weighted by atomic mass is 35.5. The summed E-state index contributed by atoms with van der Waals surface area (Å²) >= 11 is 7.72. The molecule has 2 bridgehead atoms. The third-order valence-electron chi connectivity index (χ3n) is 5.48. The van der Waals surface area contributed by atoms with Gasteiger partial charge in [0.2, 0.25) is 0 Å². The average Bonchev–Trinajstić information content (AvgIpc) is 3.38. The molecule has 2 N–H and O–H groups in total. The highest BCUT2D eigenvalue weighted by Crippen LogP contribution is 2.40. The molecule has 1 aromatic carbocycles. The van der Waals surface area contributed by atoms with Gasteiger partial charge in [-0.1, -0.05) is 11.6 Å². The molecule has 2 aliphatic heterocycles. The zero-order valence-corrected chi connectivity index (χ0v) is 18.8. The maximum atomic E-state index is 12.9. The fourth-order valence-corrected chi connectivity index (χ4v) is 5.54. The molecule has 29 heavy (non-hydrogen) atoms. The number of fused-ring (bicyclic) bond motifs is 3. The molecule has 5 rings (SSSR count). The summed E-state index contributed by atoms with van der Waals surface area (Å²) < 4.78 is 1.76. The third-order valence-corrected chi connectivity index (χ3v) is 6.92. The van der Waals surface area contributed by atoms with Gasteiger partial charge in [0, 0.05) is 23.7 Å². The van der Waals surface area contributed by atoms with Gasteiger partial charge in [-0.3, -0.25) is 13.7 Å². The molecule has 152 valence electrons. The van der Waals surface area contributed by atoms with Gasteiger partial charge >= 0.3 is 0 Å². The van der Waals surface area contributed by atoms with Gasteiger partial charge in [-0.05, 0) is 55.1 Å². The largest absolute Gasteiger partial charge is 0.343 e. The van der Waals surface area contributed by atoms with Crippen molar-refractivity contribution in [2.75, 3.05) is 5.32 Å². The number of hydrogen-bond donors (Lipinski definition) is 2. The van der Waals surface area contributed by atoms with Crippen molar-refractivity contribution in [1.29, 1.82) is 5.26 Å². The summed E-state index contributed by atoms with van der Waals surface area (Å²) in [4.78, 5) is 17.2. The van der Waals surface area contributed by atoms with Crippen LogP contribution in [-0.2, 0) is 0 Å². The molecule has 0 radical (unpaired) electrons. The Kier molecular flexibility index (Phi) is 6.51. The average molecular weight is 466 g/mol. The second kappa shape index (κ2) is 8.58. The summed E-state index contributed by atoms with van der Waals surface area (Å²) in [5, 5.41) is 18.3. The predicted molar refractivity (Wildman–Crippen MR) is 128 cm³/mol. The van der Waals surface area contributed by atoms with Crippen molar-refractivity contribution in [1.82, 2.24) is 14.3 Å². The quantitative estimate of drug-likeness (QED) is 0.610. The summed E-state index contributed by atoms with van der Waals surface area (Å²) in [5.41, 5.74) is 1.38. The van der Waals surface area contributed by atoms with Crippen LogP contribution in [0, 0.1) is 11.3 Å². The number of halogens is 1. The van der Waals surface area contributed by atoms with Gasteiger partial charge < -0.3 is 10.6 Å². The number of hydrogen-bond acceptors (Lipinski definition) is 6. The number of rotatable bonds is 3. The Morgan fingerprint density at radius 2 is 2.14 bits per heavy atom. The van der Waals surface area contributed by atoms with Crippen LogP contribution in [0.1, 0.15) is 30.9 Å². The van der Waals surface area contributed by atoms with Crippen molar-refractivity contribution >= 4 is 71.7 Å². The minimum atomic E-state index is -0.223. The van der Waals surface area contributed by atoms with Crippen molar-refractivity contribution < 1.29 is 0 Å². The van der Waals surface area contributed by atoms with Gasteiger partial charge in [0.05, 0.1) is 22.3 Å². The maximum absolute atomic E-state index is 12.9. The normalized spacial score (nSPS) is 22.0.